The molecule has 2 aromatic carbocycles. The zero-order valence-electron chi connectivity index (χ0n) is 19.1. The predicted molar refractivity (Wildman–Crippen MR) is 125 cm³/mol. The van der Waals surface area contributed by atoms with Crippen molar-refractivity contribution in [2.24, 2.45) is 0 Å². The highest BCUT2D eigenvalue weighted by molar-refractivity contribution is 5.95. The summed E-state index contributed by atoms with van der Waals surface area (Å²) in [4.78, 5) is 16.8. The van der Waals surface area contributed by atoms with Gasteiger partial charge in [-0.25, -0.2) is 0 Å². The molecule has 1 N–H and O–H groups in total. The van der Waals surface area contributed by atoms with Crippen molar-refractivity contribution in [2.45, 2.75) is 46.3 Å². The molecule has 0 fully saturated rings. The summed E-state index contributed by atoms with van der Waals surface area (Å²) in [5, 5.41) is 2.85. The van der Waals surface area contributed by atoms with Gasteiger partial charge in [0, 0.05) is 24.0 Å². The van der Waals surface area contributed by atoms with E-state index in [9.17, 15) is 18.0 Å². The standard InChI is InChI=1S/C27H27F3N2O/c1-17-5-10-23(14-18(17)2)25(27(28,29)30)12-9-21-8-11-24(19(3)13-21)26(33)32-16-22-7-6-20(4)31-15-22/h5-15,25H,16H2,1-4H3,(H,32,33)/b12-9+. The lowest BCUT2D eigenvalue weighted by atomic mass is 9.93. The number of aromatic nitrogens is 1. The predicted octanol–water partition coefficient (Wildman–Crippen LogP) is 6.60. The van der Waals surface area contributed by atoms with Crippen molar-refractivity contribution in [1.29, 1.82) is 0 Å². The molecule has 1 aromatic heterocycles. The van der Waals surface area contributed by atoms with E-state index in [4.69, 9.17) is 0 Å². The van der Waals surface area contributed by atoms with Gasteiger partial charge in [-0.05, 0) is 73.2 Å². The van der Waals surface area contributed by atoms with Gasteiger partial charge in [0.25, 0.3) is 5.91 Å². The lowest BCUT2D eigenvalue weighted by Crippen LogP contribution is -2.23. The maximum absolute atomic E-state index is 13.7. The number of allylic oxidation sites excluding steroid dienone is 1. The lowest BCUT2D eigenvalue weighted by Gasteiger charge is -2.18. The largest absolute Gasteiger partial charge is 0.399 e. The normalized spacial score (nSPS) is 12.7. The summed E-state index contributed by atoms with van der Waals surface area (Å²) in [7, 11) is 0. The van der Waals surface area contributed by atoms with Crippen LogP contribution in [0.1, 0.15) is 55.4 Å². The Balaban J connectivity index is 1.75. The number of pyridine rings is 1. The minimum Gasteiger partial charge on any atom is -0.348 e. The van der Waals surface area contributed by atoms with Gasteiger partial charge >= 0.3 is 6.18 Å². The molecular weight excluding hydrogens is 425 g/mol. The van der Waals surface area contributed by atoms with Crippen molar-refractivity contribution < 1.29 is 18.0 Å². The minimum atomic E-state index is -4.40. The van der Waals surface area contributed by atoms with Gasteiger partial charge in [-0.1, -0.05) is 48.6 Å². The fraction of sp³-hybridized carbons (Fsp3) is 0.259. The smallest absolute Gasteiger partial charge is 0.348 e. The van der Waals surface area contributed by atoms with Crippen LogP contribution in [0.2, 0.25) is 0 Å². The third kappa shape index (κ3) is 6.31. The Morgan fingerprint density at radius 1 is 0.970 bits per heavy atom. The van der Waals surface area contributed by atoms with Crippen LogP contribution in [0.4, 0.5) is 13.2 Å². The highest BCUT2D eigenvalue weighted by Crippen LogP contribution is 2.37. The summed E-state index contributed by atoms with van der Waals surface area (Å²) in [5.74, 6) is -1.95. The Hall–Kier alpha value is -3.41. The number of rotatable bonds is 6. The molecule has 1 amide bonds. The van der Waals surface area contributed by atoms with Gasteiger partial charge in [0.15, 0.2) is 0 Å². The van der Waals surface area contributed by atoms with Crippen LogP contribution in [0.5, 0.6) is 0 Å². The van der Waals surface area contributed by atoms with Gasteiger partial charge in [0.1, 0.15) is 0 Å². The van der Waals surface area contributed by atoms with Crippen LogP contribution in [0.15, 0.2) is 60.8 Å². The first-order chi connectivity index (χ1) is 15.5. The van der Waals surface area contributed by atoms with Crippen LogP contribution >= 0.6 is 0 Å². The van der Waals surface area contributed by atoms with Crippen LogP contribution in [0.25, 0.3) is 6.08 Å². The Morgan fingerprint density at radius 2 is 1.73 bits per heavy atom. The molecule has 0 saturated heterocycles. The van der Waals surface area contributed by atoms with E-state index in [0.29, 0.717) is 23.2 Å². The lowest BCUT2D eigenvalue weighted by molar-refractivity contribution is -0.139. The molecule has 1 atom stereocenters. The third-order valence-corrected chi connectivity index (χ3v) is 5.64. The number of hydrogen-bond acceptors (Lipinski definition) is 2. The summed E-state index contributed by atoms with van der Waals surface area (Å²) < 4.78 is 41.2. The molecule has 0 spiro atoms. The summed E-state index contributed by atoms with van der Waals surface area (Å²) >= 11 is 0. The number of carbonyl (C=O) groups excluding carboxylic acids is 1. The molecule has 0 bridgehead atoms. The van der Waals surface area contributed by atoms with E-state index in [1.54, 1.807) is 50.4 Å². The van der Waals surface area contributed by atoms with Gasteiger partial charge in [0.2, 0.25) is 0 Å². The first kappa shape index (κ1) is 24.2. The van der Waals surface area contributed by atoms with Crippen molar-refractivity contribution >= 4 is 12.0 Å². The molecule has 0 saturated carbocycles. The van der Waals surface area contributed by atoms with Gasteiger partial charge < -0.3 is 5.32 Å². The Morgan fingerprint density at radius 3 is 2.33 bits per heavy atom. The number of nitrogens with zero attached hydrogens (tertiary/aromatic N) is 1. The Kier molecular flexibility index (Phi) is 7.36. The van der Waals surface area contributed by atoms with Crippen molar-refractivity contribution in [3.8, 4) is 0 Å². The van der Waals surface area contributed by atoms with Crippen LogP contribution in [0.3, 0.4) is 0 Å². The molecule has 3 rings (SSSR count). The number of aryl methyl sites for hydroxylation is 4. The number of alkyl halides is 3. The maximum Gasteiger partial charge on any atom is 0.399 e. The molecular formula is C27H27F3N2O. The molecule has 0 aliphatic carbocycles. The van der Waals surface area contributed by atoms with E-state index in [1.165, 1.54) is 18.2 Å². The van der Waals surface area contributed by atoms with E-state index in [-0.39, 0.29) is 11.5 Å². The van der Waals surface area contributed by atoms with Crippen molar-refractivity contribution in [2.75, 3.05) is 0 Å². The maximum atomic E-state index is 13.7. The summed E-state index contributed by atoms with van der Waals surface area (Å²) in [5.41, 5.74) is 5.53. The Bertz CT molecular complexity index is 1160. The van der Waals surface area contributed by atoms with E-state index < -0.39 is 12.1 Å². The number of hydrogen-bond donors (Lipinski definition) is 1. The van der Waals surface area contributed by atoms with Crippen molar-refractivity contribution in [3.63, 3.8) is 0 Å². The van der Waals surface area contributed by atoms with Crippen molar-refractivity contribution in [1.82, 2.24) is 10.3 Å². The number of benzene rings is 2. The van der Waals surface area contributed by atoms with Crippen LogP contribution in [-0.4, -0.2) is 17.1 Å². The fourth-order valence-corrected chi connectivity index (χ4v) is 3.50. The molecule has 33 heavy (non-hydrogen) atoms. The molecule has 0 aliphatic heterocycles. The topological polar surface area (TPSA) is 42.0 Å². The quantitative estimate of drug-likeness (QED) is 0.458. The first-order valence-corrected chi connectivity index (χ1v) is 10.7. The van der Waals surface area contributed by atoms with Crippen LogP contribution < -0.4 is 5.32 Å². The number of carbonyl (C=O) groups is 1. The van der Waals surface area contributed by atoms with E-state index >= 15 is 0 Å². The summed E-state index contributed by atoms with van der Waals surface area (Å²) in [6.07, 6.45) is -0.0656. The highest BCUT2D eigenvalue weighted by atomic mass is 19.4. The van der Waals surface area contributed by atoms with Gasteiger partial charge in [0.05, 0.1) is 5.92 Å². The van der Waals surface area contributed by atoms with Crippen molar-refractivity contribution in [3.05, 3.63) is 105 Å². The molecule has 172 valence electrons. The fourth-order valence-electron chi connectivity index (χ4n) is 3.50. The second-order valence-corrected chi connectivity index (χ2v) is 8.29. The molecule has 3 aromatic rings. The average Bonchev–Trinajstić information content (AvgIpc) is 2.75. The van der Waals surface area contributed by atoms with E-state index in [0.717, 1.165) is 22.4 Å². The second-order valence-electron chi connectivity index (χ2n) is 8.29. The summed E-state index contributed by atoms with van der Waals surface area (Å²) in [6, 6.07) is 13.6. The number of amides is 1. The number of nitrogens with one attached hydrogen (secondary N) is 1. The first-order valence-electron chi connectivity index (χ1n) is 10.7. The van der Waals surface area contributed by atoms with E-state index in [2.05, 4.69) is 10.3 Å². The highest BCUT2D eigenvalue weighted by Gasteiger charge is 2.38. The molecule has 0 radical (unpaired) electrons. The SMILES string of the molecule is Cc1ccc(CNC(=O)c2ccc(/C=C/C(c3ccc(C)c(C)c3)C(F)(F)F)cc2C)cn1. The second kappa shape index (κ2) is 10.0. The minimum absolute atomic E-state index is 0.208. The third-order valence-electron chi connectivity index (χ3n) is 5.64. The summed E-state index contributed by atoms with van der Waals surface area (Å²) in [6.45, 7) is 7.68. The molecule has 1 unspecified atom stereocenters. The monoisotopic (exact) mass is 452 g/mol. The van der Waals surface area contributed by atoms with E-state index in [1.807, 2.05) is 26.0 Å². The zero-order valence-corrected chi connectivity index (χ0v) is 19.1. The van der Waals surface area contributed by atoms with Gasteiger partial charge in [-0.3, -0.25) is 9.78 Å². The number of halogens is 3. The average molecular weight is 453 g/mol. The molecule has 1 heterocycles. The van der Waals surface area contributed by atoms with Crippen LogP contribution in [-0.2, 0) is 6.54 Å². The van der Waals surface area contributed by atoms with Gasteiger partial charge in [-0.15, -0.1) is 0 Å². The Labute approximate surface area is 192 Å². The molecule has 6 heteroatoms. The zero-order chi connectivity index (χ0) is 24.2. The molecule has 0 aliphatic rings. The molecule has 3 nitrogen and oxygen atoms in total. The van der Waals surface area contributed by atoms with Crippen LogP contribution in [0, 0.1) is 27.7 Å². The van der Waals surface area contributed by atoms with Gasteiger partial charge in [-0.2, -0.15) is 13.2 Å².